The average Bonchev–Trinajstić information content (AvgIpc) is 3.61. The number of carbonyl (C=O) groups is 3. The van der Waals surface area contributed by atoms with Gasteiger partial charge in [-0.25, -0.2) is 0 Å². The molecule has 2 aliphatic heterocycles. The molecule has 0 saturated heterocycles. The number of methoxy groups -OCH3 is 4. The molecule has 3 amide bonds. The first kappa shape index (κ1) is 46.7. The number of nitrogens with two attached hydrogens (primary N) is 1. The molecule has 13 nitrogen and oxygen atoms in total. The van der Waals surface area contributed by atoms with Crippen LogP contribution in [-0.4, -0.2) is 77.2 Å². The molecule has 8 rings (SSSR count). The van der Waals surface area contributed by atoms with Gasteiger partial charge in [-0.3, -0.25) is 24.4 Å². The van der Waals surface area contributed by atoms with Gasteiger partial charge in [0, 0.05) is 68.7 Å². The summed E-state index contributed by atoms with van der Waals surface area (Å²) in [6, 6.07) is 39.5. The summed E-state index contributed by atoms with van der Waals surface area (Å²) < 4.78 is 22.6. The van der Waals surface area contributed by atoms with Gasteiger partial charge in [-0.2, -0.15) is 5.26 Å². The summed E-state index contributed by atoms with van der Waals surface area (Å²) in [4.78, 5) is 48.4. The number of anilines is 2. The number of primary amides is 1. The first-order valence-corrected chi connectivity index (χ1v) is 21.9. The standard InChI is InChI=1S/C30H31N3O3.C24H21N3O4/c1-4-5-6-9-15-33-26-18-28(36-3)24(23-13-7-8-14-27(23)35-2)17-25(26)30(32-20-29(33)34)22-12-10-11-21(16-22)19-31;1-30-20-9-4-3-8-16(20)17-11-18-19(12-21(17)31-2)27-22(28)13-26-23(18)14-6-5-7-15(10-14)24(25)29/h7-8,10-14,16-18H,4-6,9,15,20H2,1-3H3;3-12H,13H2,1-2H3,(H2,25,29)(H,27,28). The molecule has 0 fully saturated rings. The summed E-state index contributed by atoms with van der Waals surface area (Å²) in [5.74, 6) is 1.82. The lowest BCUT2D eigenvalue weighted by Gasteiger charge is -2.25. The van der Waals surface area contributed by atoms with Crippen LogP contribution in [0.2, 0.25) is 0 Å². The highest BCUT2D eigenvalue weighted by Gasteiger charge is 2.29. The summed E-state index contributed by atoms with van der Waals surface area (Å²) in [7, 11) is 6.46. The lowest BCUT2D eigenvalue weighted by atomic mass is 9.93. The van der Waals surface area contributed by atoms with E-state index in [-0.39, 0.29) is 24.9 Å². The quantitative estimate of drug-likeness (QED) is 0.102. The Hall–Kier alpha value is -8.24. The normalized spacial score (nSPS) is 12.9. The molecule has 6 aromatic carbocycles. The predicted molar refractivity (Wildman–Crippen MR) is 262 cm³/mol. The number of nitrogens with zero attached hydrogens (tertiary/aromatic N) is 4. The number of amides is 3. The number of benzene rings is 6. The fourth-order valence-corrected chi connectivity index (χ4v) is 8.22. The summed E-state index contributed by atoms with van der Waals surface area (Å²) in [5, 5.41) is 12.4. The number of carbonyl (C=O) groups excluding carboxylic acids is 3. The van der Waals surface area contributed by atoms with Crippen LogP contribution in [0.15, 0.2) is 131 Å². The van der Waals surface area contributed by atoms with Gasteiger partial charge in [0.15, 0.2) is 0 Å². The Morgan fingerprint density at radius 2 is 1.22 bits per heavy atom. The second-order valence-electron chi connectivity index (χ2n) is 15.7. The summed E-state index contributed by atoms with van der Waals surface area (Å²) in [6.07, 6.45) is 4.23. The van der Waals surface area contributed by atoms with Crippen LogP contribution < -0.4 is 34.9 Å². The smallest absolute Gasteiger partial charge is 0.248 e. The molecule has 0 atom stereocenters. The van der Waals surface area contributed by atoms with Crippen LogP contribution in [0, 0.1) is 11.3 Å². The van der Waals surface area contributed by atoms with Crippen molar-refractivity contribution in [2.45, 2.75) is 32.6 Å². The van der Waals surface area contributed by atoms with E-state index in [4.69, 9.17) is 29.7 Å². The number of ether oxygens (including phenoxy) is 4. The van der Waals surface area contributed by atoms with E-state index in [9.17, 15) is 19.6 Å². The van der Waals surface area contributed by atoms with Crippen molar-refractivity contribution in [2.75, 3.05) is 58.3 Å². The Morgan fingerprint density at radius 3 is 1.85 bits per heavy atom. The number of hydrogen-bond donors (Lipinski definition) is 2. The molecule has 0 aromatic heterocycles. The minimum absolute atomic E-state index is 0.0425. The van der Waals surface area contributed by atoms with Gasteiger partial charge >= 0.3 is 0 Å². The van der Waals surface area contributed by atoms with Crippen LogP contribution >= 0.6 is 0 Å². The molecule has 3 N–H and O–H groups in total. The molecule has 0 bridgehead atoms. The van der Waals surface area contributed by atoms with Gasteiger partial charge in [0.05, 0.1) is 62.9 Å². The minimum atomic E-state index is -0.532. The molecular formula is C54H52N6O7. The Kier molecular flexibility index (Phi) is 15.1. The van der Waals surface area contributed by atoms with Crippen LogP contribution in [0.1, 0.15) is 70.8 Å². The number of para-hydroxylation sites is 2. The highest BCUT2D eigenvalue weighted by molar-refractivity contribution is 6.21. The van der Waals surface area contributed by atoms with Gasteiger partial charge in [0.25, 0.3) is 0 Å². The summed E-state index contributed by atoms with van der Waals surface area (Å²) >= 11 is 0. The number of nitrogens with one attached hydrogen (secondary N) is 1. The fourth-order valence-electron chi connectivity index (χ4n) is 8.22. The van der Waals surface area contributed by atoms with Crippen LogP contribution in [0.25, 0.3) is 22.3 Å². The highest BCUT2D eigenvalue weighted by atomic mass is 16.5. The van der Waals surface area contributed by atoms with Crippen molar-refractivity contribution in [3.8, 4) is 51.3 Å². The Bertz CT molecular complexity index is 2940. The number of fused-ring (bicyclic) bond motifs is 2. The van der Waals surface area contributed by atoms with Gasteiger partial charge in [-0.1, -0.05) is 86.8 Å². The predicted octanol–water partition coefficient (Wildman–Crippen LogP) is 9.27. The van der Waals surface area contributed by atoms with Crippen molar-refractivity contribution in [3.63, 3.8) is 0 Å². The van der Waals surface area contributed by atoms with Crippen molar-refractivity contribution in [1.29, 1.82) is 5.26 Å². The van der Waals surface area contributed by atoms with Gasteiger partial charge in [0.2, 0.25) is 17.7 Å². The molecule has 0 aliphatic carbocycles. The van der Waals surface area contributed by atoms with Crippen LogP contribution in [-0.2, 0) is 9.59 Å². The molecule has 0 spiro atoms. The van der Waals surface area contributed by atoms with E-state index >= 15 is 0 Å². The van der Waals surface area contributed by atoms with Gasteiger partial charge in [0.1, 0.15) is 36.1 Å². The van der Waals surface area contributed by atoms with Gasteiger partial charge in [-0.15, -0.1) is 0 Å². The first-order chi connectivity index (χ1) is 32.6. The van der Waals surface area contributed by atoms with E-state index in [0.717, 1.165) is 70.5 Å². The molecule has 0 saturated carbocycles. The Labute approximate surface area is 390 Å². The molecule has 67 heavy (non-hydrogen) atoms. The van der Waals surface area contributed by atoms with E-state index in [0.29, 0.717) is 63.2 Å². The maximum atomic E-state index is 13.3. The third-order valence-electron chi connectivity index (χ3n) is 11.5. The van der Waals surface area contributed by atoms with E-state index in [1.807, 2.05) is 95.9 Å². The second-order valence-corrected chi connectivity index (χ2v) is 15.7. The van der Waals surface area contributed by atoms with Crippen LogP contribution in [0.3, 0.4) is 0 Å². The van der Waals surface area contributed by atoms with E-state index < -0.39 is 5.91 Å². The monoisotopic (exact) mass is 896 g/mol. The number of hydrogen-bond acceptors (Lipinski definition) is 10. The molecular weight excluding hydrogens is 845 g/mol. The van der Waals surface area contributed by atoms with Crippen molar-refractivity contribution in [1.82, 2.24) is 0 Å². The van der Waals surface area contributed by atoms with E-state index in [1.165, 1.54) is 0 Å². The zero-order valence-corrected chi connectivity index (χ0v) is 38.2. The fraction of sp³-hybridized carbons (Fsp3) is 0.222. The van der Waals surface area contributed by atoms with Gasteiger partial charge in [-0.05, 0) is 55.0 Å². The maximum Gasteiger partial charge on any atom is 0.248 e. The largest absolute Gasteiger partial charge is 0.496 e. The molecule has 0 radical (unpaired) electrons. The number of aliphatic imine (C=N–C) groups is 2. The molecule has 6 aromatic rings. The molecule has 0 unspecified atom stereocenters. The van der Waals surface area contributed by atoms with Crippen molar-refractivity contribution in [3.05, 3.63) is 155 Å². The zero-order valence-electron chi connectivity index (χ0n) is 38.2. The number of unbranched alkanes of at least 4 members (excludes halogenated alkanes) is 3. The van der Waals surface area contributed by atoms with Crippen molar-refractivity contribution in [2.24, 2.45) is 15.7 Å². The maximum absolute atomic E-state index is 13.3. The molecule has 13 heteroatoms. The van der Waals surface area contributed by atoms with Crippen LogP contribution in [0.4, 0.5) is 11.4 Å². The highest BCUT2D eigenvalue weighted by Crippen LogP contribution is 2.43. The minimum Gasteiger partial charge on any atom is -0.496 e. The topological polar surface area (TPSA) is 178 Å². The van der Waals surface area contributed by atoms with E-state index in [1.54, 1.807) is 58.8 Å². The molecule has 340 valence electrons. The van der Waals surface area contributed by atoms with Crippen LogP contribution in [0.5, 0.6) is 23.0 Å². The summed E-state index contributed by atoms with van der Waals surface area (Å²) in [6.45, 7) is 2.79. The number of nitriles is 1. The average molecular weight is 897 g/mol. The van der Waals surface area contributed by atoms with Crippen molar-refractivity contribution < 1.29 is 33.3 Å². The van der Waals surface area contributed by atoms with Gasteiger partial charge < -0.3 is 34.9 Å². The molecule has 2 aliphatic rings. The number of rotatable bonds is 14. The lowest BCUT2D eigenvalue weighted by molar-refractivity contribution is -0.117. The second kappa shape index (κ2) is 21.6. The SMILES string of the molecule is CCCCCCN1C(=O)CN=C(c2cccc(C#N)c2)c2cc(-c3ccccc3OC)c(OC)cc21.COc1ccccc1-c1cc2c(cc1OC)NC(=O)CN=C2c1cccc(C(N)=O)c1. The Balaban J connectivity index is 0.000000201. The Morgan fingerprint density at radius 1 is 0.642 bits per heavy atom. The van der Waals surface area contributed by atoms with E-state index in [2.05, 4.69) is 23.3 Å². The first-order valence-electron chi connectivity index (χ1n) is 21.9. The molecule has 2 heterocycles. The van der Waals surface area contributed by atoms with Crippen molar-refractivity contribution >= 4 is 40.5 Å². The lowest BCUT2D eigenvalue weighted by Crippen LogP contribution is -2.33. The third kappa shape index (κ3) is 10.3. The zero-order chi connectivity index (χ0) is 47.5. The number of benzodiazepines with no additional fused rings is 2. The summed E-state index contributed by atoms with van der Waals surface area (Å²) in [5.41, 5.74) is 15.3. The third-order valence-corrected chi connectivity index (χ3v) is 11.5.